The lowest BCUT2D eigenvalue weighted by Crippen LogP contribution is -2.12. The van der Waals surface area contributed by atoms with Gasteiger partial charge < -0.3 is 9.40 Å². The SMILES string of the molecule is CCCCc1cc2c(Cc3ccccc3)[nH]c(=O)nc2o1. The van der Waals surface area contributed by atoms with Gasteiger partial charge in [0.15, 0.2) is 0 Å². The van der Waals surface area contributed by atoms with E-state index in [2.05, 4.69) is 16.9 Å². The van der Waals surface area contributed by atoms with Crippen molar-refractivity contribution in [1.29, 1.82) is 0 Å². The van der Waals surface area contributed by atoms with Crippen LogP contribution in [0, 0.1) is 0 Å². The molecule has 0 bridgehead atoms. The minimum Gasteiger partial charge on any atom is -0.443 e. The highest BCUT2D eigenvalue weighted by molar-refractivity contribution is 5.77. The molecule has 108 valence electrons. The predicted molar refractivity (Wildman–Crippen MR) is 82.5 cm³/mol. The van der Waals surface area contributed by atoms with E-state index in [0.29, 0.717) is 12.1 Å². The van der Waals surface area contributed by atoms with Gasteiger partial charge in [0.1, 0.15) is 5.76 Å². The molecule has 0 atom stereocenters. The quantitative estimate of drug-likeness (QED) is 0.779. The first kappa shape index (κ1) is 13.6. The predicted octanol–water partition coefficient (Wildman–Crippen LogP) is 3.45. The van der Waals surface area contributed by atoms with Gasteiger partial charge in [-0.15, -0.1) is 0 Å². The fourth-order valence-electron chi connectivity index (χ4n) is 2.46. The van der Waals surface area contributed by atoms with E-state index in [1.54, 1.807) is 0 Å². The summed E-state index contributed by atoms with van der Waals surface area (Å²) in [5.74, 6) is 0.896. The minimum atomic E-state index is -0.357. The first-order valence-corrected chi connectivity index (χ1v) is 7.32. The second-order valence-corrected chi connectivity index (χ2v) is 5.22. The monoisotopic (exact) mass is 282 g/mol. The third-order valence-electron chi connectivity index (χ3n) is 3.55. The largest absolute Gasteiger partial charge is 0.443 e. The van der Waals surface area contributed by atoms with Crippen molar-refractivity contribution in [2.24, 2.45) is 0 Å². The van der Waals surface area contributed by atoms with Crippen LogP contribution >= 0.6 is 0 Å². The van der Waals surface area contributed by atoms with Gasteiger partial charge in [-0.25, -0.2) is 4.79 Å². The molecule has 1 N–H and O–H groups in total. The number of aryl methyl sites for hydroxylation is 1. The maximum atomic E-state index is 11.7. The summed E-state index contributed by atoms with van der Waals surface area (Å²) in [7, 11) is 0. The molecular formula is C17H18N2O2. The van der Waals surface area contributed by atoms with E-state index < -0.39 is 0 Å². The van der Waals surface area contributed by atoms with Gasteiger partial charge in [0.2, 0.25) is 5.71 Å². The number of benzene rings is 1. The molecule has 0 spiro atoms. The molecule has 4 heteroatoms. The number of aromatic nitrogens is 2. The number of unbranched alkanes of at least 4 members (excludes halogenated alkanes) is 1. The van der Waals surface area contributed by atoms with Crippen molar-refractivity contribution in [3.8, 4) is 0 Å². The first-order valence-electron chi connectivity index (χ1n) is 7.32. The van der Waals surface area contributed by atoms with E-state index in [9.17, 15) is 4.79 Å². The zero-order chi connectivity index (χ0) is 14.7. The van der Waals surface area contributed by atoms with Crippen LogP contribution in [0.25, 0.3) is 11.1 Å². The Hall–Kier alpha value is -2.36. The summed E-state index contributed by atoms with van der Waals surface area (Å²) < 4.78 is 5.70. The van der Waals surface area contributed by atoms with Crippen molar-refractivity contribution < 1.29 is 4.42 Å². The molecule has 2 heterocycles. The fourth-order valence-corrected chi connectivity index (χ4v) is 2.46. The highest BCUT2D eigenvalue weighted by Crippen LogP contribution is 2.22. The second kappa shape index (κ2) is 5.95. The Balaban J connectivity index is 2.00. The molecule has 0 radical (unpaired) electrons. The molecule has 0 aliphatic heterocycles. The molecule has 0 amide bonds. The van der Waals surface area contributed by atoms with E-state index in [-0.39, 0.29) is 5.69 Å². The highest BCUT2D eigenvalue weighted by Gasteiger charge is 2.11. The van der Waals surface area contributed by atoms with Gasteiger partial charge in [0.25, 0.3) is 0 Å². The van der Waals surface area contributed by atoms with Gasteiger partial charge in [-0.2, -0.15) is 4.98 Å². The average Bonchev–Trinajstić information content (AvgIpc) is 2.89. The van der Waals surface area contributed by atoms with Gasteiger partial charge in [0, 0.05) is 18.5 Å². The van der Waals surface area contributed by atoms with Gasteiger partial charge in [-0.1, -0.05) is 43.7 Å². The van der Waals surface area contributed by atoms with Crippen LogP contribution in [0.3, 0.4) is 0 Å². The first-order chi connectivity index (χ1) is 10.3. The number of nitrogens with zero attached hydrogens (tertiary/aromatic N) is 1. The molecule has 0 saturated carbocycles. The Morgan fingerprint density at radius 2 is 2.05 bits per heavy atom. The van der Waals surface area contributed by atoms with Crippen molar-refractivity contribution >= 4 is 11.1 Å². The van der Waals surface area contributed by atoms with Gasteiger partial charge in [0.05, 0.1) is 5.39 Å². The molecular weight excluding hydrogens is 264 g/mol. The number of hydrogen-bond acceptors (Lipinski definition) is 3. The number of aromatic amines is 1. The number of hydrogen-bond donors (Lipinski definition) is 1. The summed E-state index contributed by atoms with van der Waals surface area (Å²) in [6.07, 6.45) is 3.73. The van der Waals surface area contributed by atoms with Gasteiger partial charge in [-0.3, -0.25) is 0 Å². The van der Waals surface area contributed by atoms with Crippen LogP contribution in [0.5, 0.6) is 0 Å². The Bertz CT molecular complexity index is 787. The Kier molecular flexibility index (Phi) is 3.86. The topological polar surface area (TPSA) is 58.9 Å². The summed E-state index contributed by atoms with van der Waals surface area (Å²) in [6.45, 7) is 2.14. The number of nitrogens with one attached hydrogen (secondary N) is 1. The smallest absolute Gasteiger partial charge is 0.348 e. The average molecular weight is 282 g/mol. The molecule has 1 aromatic carbocycles. The van der Waals surface area contributed by atoms with E-state index in [4.69, 9.17) is 4.42 Å². The van der Waals surface area contributed by atoms with E-state index in [1.165, 1.54) is 0 Å². The van der Waals surface area contributed by atoms with Gasteiger partial charge >= 0.3 is 5.69 Å². The lowest BCUT2D eigenvalue weighted by Gasteiger charge is -2.02. The van der Waals surface area contributed by atoms with Crippen molar-refractivity contribution in [1.82, 2.24) is 9.97 Å². The third-order valence-corrected chi connectivity index (χ3v) is 3.55. The van der Waals surface area contributed by atoms with Crippen LogP contribution in [0.2, 0.25) is 0 Å². The third kappa shape index (κ3) is 3.05. The lowest BCUT2D eigenvalue weighted by molar-refractivity contribution is 0.527. The number of fused-ring (bicyclic) bond motifs is 1. The maximum Gasteiger partial charge on any atom is 0.348 e. The van der Waals surface area contributed by atoms with Crippen LogP contribution in [0.1, 0.15) is 36.8 Å². The zero-order valence-electron chi connectivity index (χ0n) is 12.1. The molecule has 0 unspecified atom stereocenters. The summed E-state index contributed by atoms with van der Waals surface area (Å²) >= 11 is 0. The molecule has 2 aromatic heterocycles. The fraction of sp³-hybridized carbons (Fsp3) is 0.294. The van der Waals surface area contributed by atoms with Crippen LogP contribution in [-0.4, -0.2) is 9.97 Å². The lowest BCUT2D eigenvalue weighted by atomic mass is 10.1. The molecule has 0 saturated heterocycles. The van der Waals surface area contributed by atoms with Gasteiger partial charge in [-0.05, 0) is 18.1 Å². The maximum absolute atomic E-state index is 11.7. The summed E-state index contributed by atoms with van der Waals surface area (Å²) in [4.78, 5) is 18.5. The Labute approximate surface area is 122 Å². The molecule has 3 aromatic rings. The standard InChI is InChI=1S/C17H18N2O2/c1-2-3-9-13-11-14-15(10-12-7-5-4-6-8-12)18-17(20)19-16(14)21-13/h4-8,11H,2-3,9-10H2,1H3,(H,18,19,20). The van der Waals surface area contributed by atoms with Crippen LogP contribution in [0.4, 0.5) is 0 Å². The number of furan rings is 1. The van der Waals surface area contributed by atoms with Crippen molar-refractivity contribution in [3.63, 3.8) is 0 Å². The molecule has 0 aliphatic rings. The van der Waals surface area contributed by atoms with Crippen molar-refractivity contribution in [2.45, 2.75) is 32.6 Å². The van der Waals surface area contributed by atoms with Crippen LogP contribution < -0.4 is 5.69 Å². The summed E-state index contributed by atoms with van der Waals surface area (Å²) in [6, 6.07) is 12.1. The second-order valence-electron chi connectivity index (χ2n) is 5.22. The van der Waals surface area contributed by atoms with Crippen molar-refractivity contribution in [2.75, 3.05) is 0 Å². The molecule has 0 aliphatic carbocycles. The van der Waals surface area contributed by atoms with Crippen LogP contribution in [0.15, 0.2) is 45.6 Å². The van der Waals surface area contributed by atoms with E-state index in [1.807, 2.05) is 36.4 Å². The summed E-state index contributed by atoms with van der Waals surface area (Å²) in [5.41, 5.74) is 2.10. The summed E-state index contributed by atoms with van der Waals surface area (Å²) in [5, 5.41) is 0.907. The molecule has 4 nitrogen and oxygen atoms in total. The van der Waals surface area contributed by atoms with E-state index in [0.717, 1.165) is 41.7 Å². The van der Waals surface area contributed by atoms with Crippen molar-refractivity contribution in [3.05, 3.63) is 63.9 Å². The Morgan fingerprint density at radius 1 is 1.24 bits per heavy atom. The Morgan fingerprint density at radius 3 is 2.81 bits per heavy atom. The van der Waals surface area contributed by atoms with Crippen LogP contribution in [-0.2, 0) is 12.8 Å². The normalized spacial score (nSPS) is 11.1. The van der Waals surface area contributed by atoms with E-state index >= 15 is 0 Å². The zero-order valence-corrected chi connectivity index (χ0v) is 12.1. The molecule has 3 rings (SSSR count). The minimum absolute atomic E-state index is 0.357. The highest BCUT2D eigenvalue weighted by atomic mass is 16.3. The molecule has 0 fully saturated rings. The number of rotatable bonds is 5. The molecule has 21 heavy (non-hydrogen) atoms. The number of H-pyrrole nitrogens is 1.